The number of ether oxygens (including phenoxy) is 1. The standard InChI is InChI=1S/C9H18N2O3/c1-9(2,3)14-8(13)11-7(6-12)5-10-4/h6-7,10H,5H2,1-4H3,(H,11,13)/t7-/m1/s1. The number of amides is 1. The summed E-state index contributed by atoms with van der Waals surface area (Å²) in [6.45, 7) is 5.68. The lowest BCUT2D eigenvalue weighted by atomic mass is 10.2. The Kier molecular flexibility index (Phi) is 5.15. The molecule has 0 aromatic rings. The average molecular weight is 202 g/mol. The molecule has 0 aliphatic rings. The number of likely N-dealkylation sites (N-methyl/N-ethyl adjacent to an activating group) is 1. The molecule has 0 bridgehead atoms. The molecule has 0 aromatic carbocycles. The Labute approximate surface area is 84.2 Å². The van der Waals surface area contributed by atoms with E-state index in [9.17, 15) is 9.59 Å². The highest BCUT2D eigenvalue weighted by Crippen LogP contribution is 2.06. The highest BCUT2D eigenvalue weighted by atomic mass is 16.6. The SMILES string of the molecule is CNC[C@H](C=O)NC(=O)OC(C)(C)C. The zero-order chi connectivity index (χ0) is 11.2. The van der Waals surface area contributed by atoms with Gasteiger partial charge in [0.2, 0.25) is 0 Å². The van der Waals surface area contributed by atoms with Gasteiger partial charge in [-0.15, -0.1) is 0 Å². The first-order chi connectivity index (χ1) is 6.39. The van der Waals surface area contributed by atoms with Crippen molar-refractivity contribution in [1.82, 2.24) is 10.6 Å². The van der Waals surface area contributed by atoms with Crippen LogP contribution >= 0.6 is 0 Å². The van der Waals surface area contributed by atoms with E-state index in [2.05, 4.69) is 10.6 Å². The highest BCUT2D eigenvalue weighted by molar-refractivity contribution is 5.73. The molecule has 0 aromatic heterocycles. The lowest BCUT2D eigenvalue weighted by molar-refractivity contribution is -0.109. The van der Waals surface area contributed by atoms with E-state index in [1.165, 1.54) is 0 Å². The van der Waals surface area contributed by atoms with Crippen LogP contribution in [-0.2, 0) is 9.53 Å². The molecule has 1 amide bonds. The summed E-state index contributed by atoms with van der Waals surface area (Å²) in [5, 5.41) is 5.22. The molecule has 0 aliphatic carbocycles. The van der Waals surface area contributed by atoms with Crippen molar-refractivity contribution in [2.24, 2.45) is 0 Å². The van der Waals surface area contributed by atoms with Gasteiger partial charge in [0.05, 0.1) is 0 Å². The van der Waals surface area contributed by atoms with Gasteiger partial charge in [0, 0.05) is 6.54 Å². The van der Waals surface area contributed by atoms with Gasteiger partial charge in [-0.1, -0.05) is 0 Å². The number of nitrogens with one attached hydrogen (secondary N) is 2. The largest absolute Gasteiger partial charge is 0.444 e. The Bertz CT molecular complexity index is 199. The zero-order valence-corrected chi connectivity index (χ0v) is 9.09. The normalized spacial score (nSPS) is 13.1. The summed E-state index contributed by atoms with van der Waals surface area (Å²) in [7, 11) is 1.70. The van der Waals surface area contributed by atoms with Crippen molar-refractivity contribution < 1.29 is 14.3 Å². The minimum absolute atomic E-state index is 0.392. The third kappa shape index (κ3) is 6.42. The molecular formula is C9H18N2O3. The molecule has 0 unspecified atom stereocenters. The van der Waals surface area contributed by atoms with Crippen LogP contribution < -0.4 is 10.6 Å². The number of aldehydes is 1. The first-order valence-electron chi connectivity index (χ1n) is 4.48. The number of carbonyl (C=O) groups is 2. The first kappa shape index (κ1) is 12.9. The van der Waals surface area contributed by atoms with Gasteiger partial charge in [-0.3, -0.25) is 0 Å². The molecule has 82 valence electrons. The topological polar surface area (TPSA) is 67.4 Å². The Balaban J connectivity index is 3.97. The maximum absolute atomic E-state index is 11.2. The van der Waals surface area contributed by atoms with Crippen LogP contribution in [0.2, 0.25) is 0 Å². The van der Waals surface area contributed by atoms with Gasteiger partial charge in [0.1, 0.15) is 17.9 Å². The van der Waals surface area contributed by atoms with E-state index in [0.29, 0.717) is 12.8 Å². The van der Waals surface area contributed by atoms with Crippen molar-refractivity contribution >= 4 is 12.4 Å². The summed E-state index contributed by atoms with van der Waals surface area (Å²) in [4.78, 5) is 21.7. The van der Waals surface area contributed by atoms with E-state index in [1.807, 2.05) is 0 Å². The molecule has 0 aliphatic heterocycles. The maximum Gasteiger partial charge on any atom is 0.408 e. The fraction of sp³-hybridized carbons (Fsp3) is 0.778. The molecule has 5 nitrogen and oxygen atoms in total. The van der Waals surface area contributed by atoms with E-state index >= 15 is 0 Å². The summed E-state index contributed by atoms with van der Waals surface area (Å²) in [5.41, 5.74) is -0.544. The van der Waals surface area contributed by atoms with Gasteiger partial charge < -0.3 is 20.2 Å². The number of rotatable bonds is 4. The summed E-state index contributed by atoms with van der Waals surface area (Å²) >= 11 is 0. The molecule has 0 heterocycles. The van der Waals surface area contributed by atoms with E-state index in [-0.39, 0.29) is 0 Å². The minimum Gasteiger partial charge on any atom is -0.444 e. The molecule has 2 N–H and O–H groups in total. The van der Waals surface area contributed by atoms with Crippen molar-refractivity contribution in [3.05, 3.63) is 0 Å². The van der Waals surface area contributed by atoms with E-state index in [0.717, 1.165) is 0 Å². The van der Waals surface area contributed by atoms with E-state index in [1.54, 1.807) is 27.8 Å². The fourth-order valence-electron chi connectivity index (χ4n) is 0.812. The van der Waals surface area contributed by atoms with Crippen molar-refractivity contribution in [3.8, 4) is 0 Å². The van der Waals surface area contributed by atoms with Crippen molar-refractivity contribution in [2.75, 3.05) is 13.6 Å². The smallest absolute Gasteiger partial charge is 0.408 e. The molecule has 0 spiro atoms. The van der Waals surface area contributed by atoms with Gasteiger partial charge in [-0.25, -0.2) is 4.79 Å². The van der Waals surface area contributed by atoms with Crippen molar-refractivity contribution in [3.63, 3.8) is 0 Å². The van der Waals surface area contributed by atoms with Gasteiger partial charge >= 0.3 is 6.09 Å². The van der Waals surface area contributed by atoms with Crippen LogP contribution in [0.1, 0.15) is 20.8 Å². The summed E-state index contributed by atoms with van der Waals surface area (Å²) < 4.78 is 4.98. The molecule has 0 saturated heterocycles. The molecular weight excluding hydrogens is 184 g/mol. The number of alkyl carbamates (subject to hydrolysis) is 1. The Morgan fingerprint density at radius 3 is 2.43 bits per heavy atom. The average Bonchev–Trinajstić information content (AvgIpc) is 2.00. The summed E-state index contributed by atoms with van der Waals surface area (Å²) in [6.07, 6.45) is 0.0882. The van der Waals surface area contributed by atoms with Gasteiger partial charge in [-0.2, -0.15) is 0 Å². The van der Waals surface area contributed by atoms with Crippen LogP contribution in [0.5, 0.6) is 0 Å². The minimum atomic E-state index is -0.579. The van der Waals surface area contributed by atoms with Crippen LogP contribution in [0.4, 0.5) is 4.79 Å². The van der Waals surface area contributed by atoms with E-state index in [4.69, 9.17) is 4.74 Å². The van der Waals surface area contributed by atoms with Crippen LogP contribution in [0.15, 0.2) is 0 Å². The highest BCUT2D eigenvalue weighted by Gasteiger charge is 2.18. The molecule has 5 heteroatoms. The molecule has 0 radical (unpaired) electrons. The molecule has 0 saturated carbocycles. The van der Waals surface area contributed by atoms with Gasteiger partial charge in [0.15, 0.2) is 0 Å². The first-order valence-corrected chi connectivity index (χ1v) is 4.48. The molecule has 0 fully saturated rings. The predicted octanol–water partition coefficient (Wildman–Crippen LogP) is 0.298. The third-order valence-electron chi connectivity index (χ3n) is 1.29. The van der Waals surface area contributed by atoms with Gasteiger partial charge in [0.25, 0.3) is 0 Å². The Morgan fingerprint density at radius 1 is 1.50 bits per heavy atom. The summed E-state index contributed by atoms with van der Waals surface area (Å²) in [6, 6.07) is -0.546. The van der Waals surface area contributed by atoms with Crippen LogP contribution in [-0.4, -0.2) is 37.6 Å². The molecule has 0 rings (SSSR count). The van der Waals surface area contributed by atoms with Gasteiger partial charge in [-0.05, 0) is 27.8 Å². The zero-order valence-electron chi connectivity index (χ0n) is 9.09. The third-order valence-corrected chi connectivity index (χ3v) is 1.29. The second-order valence-electron chi connectivity index (χ2n) is 3.95. The monoisotopic (exact) mass is 202 g/mol. The lowest BCUT2D eigenvalue weighted by Gasteiger charge is -2.21. The Morgan fingerprint density at radius 2 is 2.07 bits per heavy atom. The lowest BCUT2D eigenvalue weighted by Crippen LogP contribution is -2.44. The van der Waals surface area contributed by atoms with Crippen LogP contribution in [0.25, 0.3) is 0 Å². The Hall–Kier alpha value is -1.10. The number of carbonyl (C=O) groups excluding carboxylic acids is 2. The van der Waals surface area contributed by atoms with Crippen LogP contribution in [0, 0.1) is 0 Å². The number of hydrogen-bond donors (Lipinski definition) is 2. The summed E-state index contributed by atoms with van der Waals surface area (Å²) in [5.74, 6) is 0. The quantitative estimate of drug-likeness (QED) is 0.643. The molecule has 14 heavy (non-hydrogen) atoms. The second-order valence-corrected chi connectivity index (χ2v) is 3.95. The van der Waals surface area contributed by atoms with Crippen molar-refractivity contribution in [2.45, 2.75) is 32.4 Å². The van der Waals surface area contributed by atoms with Crippen molar-refractivity contribution in [1.29, 1.82) is 0 Å². The predicted molar refractivity (Wildman–Crippen MR) is 53.1 cm³/mol. The number of hydrogen-bond acceptors (Lipinski definition) is 4. The molecule has 1 atom stereocenters. The van der Waals surface area contributed by atoms with E-state index < -0.39 is 17.7 Å². The fourth-order valence-corrected chi connectivity index (χ4v) is 0.812. The second kappa shape index (κ2) is 5.59. The van der Waals surface area contributed by atoms with Crippen LogP contribution in [0.3, 0.4) is 0 Å². The maximum atomic E-state index is 11.2.